The molecule has 0 fully saturated rings. The van der Waals surface area contributed by atoms with Gasteiger partial charge in [-0.1, -0.05) is 39.3 Å². The molecule has 0 rings (SSSR count). The lowest BCUT2D eigenvalue weighted by molar-refractivity contribution is -0.137. The number of hydrogen-bond donors (Lipinski definition) is 0. The highest BCUT2D eigenvalue weighted by Gasteiger charge is 2.09. The van der Waals surface area contributed by atoms with Crippen molar-refractivity contribution in [3.05, 3.63) is 12.7 Å². The minimum Gasteiger partial charge on any atom is -0.463 e. The molecule has 0 aliphatic carbocycles. The summed E-state index contributed by atoms with van der Waals surface area (Å²) in [5, 5.41) is 0. The Kier molecular flexibility index (Phi) is 14.3. The van der Waals surface area contributed by atoms with E-state index >= 15 is 0 Å². The summed E-state index contributed by atoms with van der Waals surface area (Å²) in [5.74, 6) is -0.329. The number of hydrogen-bond acceptors (Lipinski definition) is 4. The van der Waals surface area contributed by atoms with E-state index in [0.717, 1.165) is 51.4 Å². The minimum absolute atomic E-state index is 0.0169. The maximum Gasteiger partial charge on any atom is 0.330 e. The topological polar surface area (TPSA) is 44.8 Å². The van der Waals surface area contributed by atoms with Crippen LogP contribution in [0.3, 0.4) is 0 Å². The largest absolute Gasteiger partial charge is 0.463 e. The van der Waals surface area contributed by atoms with E-state index < -0.39 is 9.52 Å². The van der Waals surface area contributed by atoms with Crippen LogP contribution in [-0.4, -0.2) is 41.2 Å². The van der Waals surface area contributed by atoms with Crippen molar-refractivity contribution < 1.29 is 19.0 Å². The average Bonchev–Trinajstić information content (AvgIpc) is 2.46. The molecule has 0 saturated heterocycles. The van der Waals surface area contributed by atoms with Crippen LogP contribution in [0.5, 0.6) is 0 Å². The molecular formula is C15H30O4Si. The zero-order valence-corrected chi connectivity index (χ0v) is 14.5. The van der Waals surface area contributed by atoms with Gasteiger partial charge < -0.3 is 14.2 Å². The molecule has 0 aromatic carbocycles. The molecule has 118 valence electrons. The van der Waals surface area contributed by atoms with Crippen LogP contribution in [0.25, 0.3) is 0 Å². The number of unbranched alkanes of at least 4 members (excludes halogenated alkanes) is 2. The zero-order valence-electron chi connectivity index (χ0n) is 13.1. The summed E-state index contributed by atoms with van der Waals surface area (Å²) in [6.07, 6.45) is 6.53. The smallest absolute Gasteiger partial charge is 0.330 e. The summed E-state index contributed by atoms with van der Waals surface area (Å²) < 4.78 is 16.5. The maximum absolute atomic E-state index is 10.9. The Morgan fingerprint density at radius 2 is 1.70 bits per heavy atom. The number of rotatable bonds is 14. The van der Waals surface area contributed by atoms with Gasteiger partial charge in [0.05, 0.1) is 16.1 Å². The fourth-order valence-corrected chi connectivity index (χ4v) is 3.07. The second-order valence-corrected chi connectivity index (χ2v) is 6.70. The third-order valence-electron chi connectivity index (χ3n) is 2.85. The van der Waals surface area contributed by atoms with Gasteiger partial charge in [0.2, 0.25) is 0 Å². The zero-order chi connectivity index (χ0) is 15.1. The quantitative estimate of drug-likeness (QED) is 0.163. The SMILES string of the molecule is C=CC(=O)OCCC[SiH2]C(OCCCC)OCCCC. The van der Waals surface area contributed by atoms with Gasteiger partial charge in [0.15, 0.2) is 0 Å². The van der Waals surface area contributed by atoms with E-state index in [2.05, 4.69) is 20.4 Å². The van der Waals surface area contributed by atoms with Crippen molar-refractivity contribution in [2.75, 3.05) is 19.8 Å². The highest BCUT2D eigenvalue weighted by Crippen LogP contribution is 2.03. The van der Waals surface area contributed by atoms with Gasteiger partial charge in [-0.3, -0.25) is 0 Å². The molecule has 0 N–H and O–H groups in total. The van der Waals surface area contributed by atoms with Gasteiger partial charge in [-0.05, 0) is 19.3 Å². The Morgan fingerprint density at radius 3 is 2.20 bits per heavy atom. The average molecular weight is 302 g/mol. The summed E-state index contributed by atoms with van der Waals surface area (Å²) in [6.45, 7) is 9.71. The monoisotopic (exact) mass is 302 g/mol. The molecule has 0 saturated carbocycles. The number of ether oxygens (including phenoxy) is 3. The lowest BCUT2D eigenvalue weighted by Gasteiger charge is -2.18. The van der Waals surface area contributed by atoms with Crippen LogP contribution in [0.4, 0.5) is 0 Å². The van der Waals surface area contributed by atoms with Crippen LogP contribution in [0.1, 0.15) is 46.0 Å². The summed E-state index contributed by atoms with van der Waals surface area (Å²) in [6, 6.07) is 1.06. The molecule has 0 heterocycles. The minimum atomic E-state index is -0.443. The first-order valence-electron chi connectivity index (χ1n) is 7.77. The Labute approximate surface area is 125 Å². The van der Waals surface area contributed by atoms with E-state index in [4.69, 9.17) is 14.2 Å². The van der Waals surface area contributed by atoms with Gasteiger partial charge in [-0.2, -0.15) is 0 Å². The molecule has 5 heteroatoms. The molecule has 4 nitrogen and oxygen atoms in total. The van der Waals surface area contributed by atoms with Crippen molar-refractivity contribution in [1.82, 2.24) is 0 Å². The molecule has 0 aromatic rings. The van der Waals surface area contributed by atoms with Crippen molar-refractivity contribution in [2.24, 2.45) is 0 Å². The lowest BCUT2D eigenvalue weighted by Crippen LogP contribution is -2.26. The third kappa shape index (κ3) is 12.4. The number of carbonyl (C=O) groups excluding carboxylic acids is 1. The van der Waals surface area contributed by atoms with E-state index in [1.54, 1.807) is 0 Å². The van der Waals surface area contributed by atoms with Crippen molar-refractivity contribution in [3.63, 3.8) is 0 Å². The Balaban J connectivity index is 3.71. The molecule has 0 spiro atoms. The molecule has 0 amide bonds. The highest BCUT2D eigenvalue weighted by molar-refractivity contribution is 6.36. The van der Waals surface area contributed by atoms with Crippen LogP contribution in [0.15, 0.2) is 12.7 Å². The Bertz CT molecular complexity index is 236. The lowest BCUT2D eigenvalue weighted by atomic mass is 10.4. The molecule has 0 bridgehead atoms. The second kappa shape index (κ2) is 14.7. The van der Waals surface area contributed by atoms with E-state index in [1.807, 2.05) is 0 Å². The summed E-state index contributed by atoms with van der Waals surface area (Å²) in [7, 11) is -0.443. The van der Waals surface area contributed by atoms with Crippen LogP contribution in [-0.2, 0) is 19.0 Å². The molecule has 0 aromatic heterocycles. The van der Waals surface area contributed by atoms with Crippen LogP contribution < -0.4 is 0 Å². The highest BCUT2D eigenvalue weighted by atomic mass is 28.2. The van der Waals surface area contributed by atoms with E-state index in [-0.39, 0.29) is 11.9 Å². The first-order valence-corrected chi connectivity index (χ1v) is 9.58. The van der Waals surface area contributed by atoms with Crippen LogP contribution in [0, 0.1) is 0 Å². The normalized spacial score (nSPS) is 11.3. The molecule has 0 radical (unpaired) electrons. The van der Waals surface area contributed by atoms with Gasteiger partial charge in [0.25, 0.3) is 0 Å². The van der Waals surface area contributed by atoms with Gasteiger partial charge in [-0.25, -0.2) is 4.79 Å². The van der Waals surface area contributed by atoms with Gasteiger partial charge in [0, 0.05) is 19.3 Å². The number of esters is 1. The van der Waals surface area contributed by atoms with Gasteiger partial charge in [0.1, 0.15) is 5.91 Å². The second-order valence-electron chi connectivity index (χ2n) is 4.75. The fraction of sp³-hybridized carbons (Fsp3) is 0.800. The van der Waals surface area contributed by atoms with Crippen LogP contribution >= 0.6 is 0 Å². The maximum atomic E-state index is 10.9. The van der Waals surface area contributed by atoms with Crippen molar-refractivity contribution >= 4 is 15.5 Å². The third-order valence-corrected chi connectivity index (χ3v) is 4.70. The molecule has 20 heavy (non-hydrogen) atoms. The van der Waals surface area contributed by atoms with Crippen LogP contribution in [0.2, 0.25) is 6.04 Å². The molecule has 0 atom stereocenters. The van der Waals surface area contributed by atoms with Crippen molar-refractivity contribution in [2.45, 2.75) is 57.9 Å². The molecular weight excluding hydrogens is 272 g/mol. The standard InChI is InChI=1S/C15H30O4Si/c1-4-7-10-18-15(19-11-8-5-2)20-13-9-12-17-14(16)6-3/h6,15H,3-5,7-13,20H2,1-2H3. The summed E-state index contributed by atoms with van der Waals surface area (Å²) >= 11 is 0. The fourth-order valence-electron chi connectivity index (χ4n) is 1.58. The Morgan fingerprint density at radius 1 is 1.10 bits per heavy atom. The molecule has 0 aliphatic heterocycles. The van der Waals surface area contributed by atoms with Crippen molar-refractivity contribution in [1.29, 1.82) is 0 Å². The molecule has 0 aliphatic rings. The first kappa shape index (κ1) is 19.3. The van der Waals surface area contributed by atoms with E-state index in [9.17, 15) is 4.79 Å². The van der Waals surface area contributed by atoms with E-state index in [0.29, 0.717) is 6.61 Å². The predicted octanol–water partition coefficient (Wildman–Crippen LogP) is 2.61. The Hall–Kier alpha value is -0.653. The first-order chi connectivity index (χ1) is 9.74. The van der Waals surface area contributed by atoms with Gasteiger partial charge >= 0.3 is 5.97 Å². The van der Waals surface area contributed by atoms with E-state index in [1.165, 1.54) is 6.08 Å². The predicted molar refractivity (Wildman–Crippen MR) is 84.6 cm³/mol. The van der Waals surface area contributed by atoms with Gasteiger partial charge in [-0.15, -0.1) is 0 Å². The molecule has 0 unspecified atom stereocenters. The summed E-state index contributed by atoms with van der Waals surface area (Å²) in [5.41, 5.74) is 0. The van der Waals surface area contributed by atoms with Crippen molar-refractivity contribution in [3.8, 4) is 0 Å². The number of carbonyl (C=O) groups is 1. The summed E-state index contributed by atoms with van der Waals surface area (Å²) in [4.78, 5) is 10.9.